The van der Waals surface area contributed by atoms with Crippen LogP contribution >= 0.6 is 23.2 Å². The van der Waals surface area contributed by atoms with Crippen molar-refractivity contribution in [2.75, 3.05) is 6.38 Å². The monoisotopic (exact) mass is 232 g/mol. The Kier molecular flexibility index (Phi) is 8.70. The molecule has 1 aliphatic rings. The molecule has 0 spiro atoms. The minimum atomic E-state index is 0.454. The van der Waals surface area contributed by atoms with Crippen LogP contribution in [0, 0.1) is 5.92 Å². The van der Waals surface area contributed by atoms with Crippen molar-refractivity contribution in [1.82, 2.24) is 0 Å². The van der Waals surface area contributed by atoms with Gasteiger partial charge in [0.1, 0.15) is 6.29 Å². The highest BCUT2D eigenvalue weighted by molar-refractivity contribution is 6.30. The van der Waals surface area contributed by atoms with Gasteiger partial charge in [0.15, 0.2) is 0 Å². The molecule has 1 aliphatic carbocycles. The Morgan fingerprint density at radius 3 is 1.86 bits per heavy atom. The van der Waals surface area contributed by atoms with Gasteiger partial charge in [0.25, 0.3) is 0 Å². The Morgan fingerprint density at radius 1 is 1.21 bits per heavy atom. The van der Waals surface area contributed by atoms with E-state index in [9.17, 15) is 4.79 Å². The summed E-state index contributed by atoms with van der Waals surface area (Å²) in [5, 5.41) is 0.794. The van der Waals surface area contributed by atoms with Crippen molar-refractivity contribution >= 4 is 29.5 Å². The lowest BCUT2D eigenvalue weighted by molar-refractivity contribution is -0.108. The minimum absolute atomic E-state index is 0.454. The maximum absolute atomic E-state index is 9.57. The molecule has 0 aromatic heterocycles. The van der Waals surface area contributed by atoms with Crippen molar-refractivity contribution in [3.63, 3.8) is 0 Å². The second-order valence-electron chi connectivity index (χ2n) is 2.77. The summed E-state index contributed by atoms with van der Waals surface area (Å²) in [5.41, 5.74) is 0. The van der Waals surface area contributed by atoms with Gasteiger partial charge in [-0.05, 0) is 25.0 Å². The van der Waals surface area contributed by atoms with Crippen LogP contribution in [0.1, 0.15) is 12.8 Å². The summed E-state index contributed by atoms with van der Waals surface area (Å²) in [7, 11) is 0. The Hall–Kier alpha value is -0.530. The highest BCUT2D eigenvalue weighted by Crippen LogP contribution is 2.25. The van der Waals surface area contributed by atoms with Crippen LogP contribution in [0.15, 0.2) is 30.3 Å². The second-order valence-corrected chi connectivity index (χ2v) is 3.21. The summed E-state index contributed by atoms with van der Waals surface area (Å²) < 4.78 is 0. The van der Waals surface area contributed by atoms with Gasteiger partial charge in [-0.1, -0.05) is 29.8 Å². The molecule has 0 atom stereocenters. The maximum Gasteiger partial charge on any atom is 0.123 e. The van der Waals surface area contributed by atoms with E-state index in [-0.39, 0.29) is 0 Å². The summed E-state index contributed by atoms with van der Waals surface area (Å²) in [6.07, 6.45) is 4.78. The zero-order chi connectivity index (χ0) is 10.8. The fraction of sp³-hybridized carbons (Fsp3) is 0.364. The second kappa shape index (κ2) is 9.04. The van der Waals surface area contributed by atoms with Crippen LogP contribution < -0.4 is 0 Å². The zero-order valence-corrected chi connectivity index (χ0v) is 9.63. The molecule has 3 heteroatoms. The van der Waals surface area contributed by atoms with Crippen molar-refractivity contribution in [3.8, 4) is 0 Å². The molecule has 2 rings (SSSR count). The molecular weight excluding hydrogens is 219 g/mol. The topological polar surface area (TPSA) is 17.1 Å². The van der Waals surface area contributed by atoms with Gasteiger partial charge in [-0.3, -0.25) is 0 Å². The molecule has 1 aromatic carbocycles. The zero-order valence-electron chi connectivity index (χ0n) is 8.12. The number of aldehydes is 1. The van der Waals surface area contributed by atoms with E-state index in [0.29, 0.717) is 5.92 Å². The molecule has 78 valence electrons. The van der Waals surface area contributed by atoms with Gasteiger partial charge < -0.3 is 4.79 Å². The summed E-state index contributed by atoms with van der Waals surface area (Å²) in [5.74, 6) is 0.454. The molecule has 0 aliphatic heterocycles. The molecule has 0 radical (unpaired) electrons. The van der Waals surface area contributed by atoms with Gasteiger partial charge in [0.2, 0.25) is 0 Å². The van der Waals surface area contributed by atoms with Crippen LogP contribution in [0.3, 0.4) is 0 Å². The number of halogens is 2. The average Bonchev–Trinajstić information content (AvgIpc) is 3.06. The first-order chi connectivity index (χ1) is 6.83. The van der Waals surface area contributed by atoms with E-state index in [1.807, 2.05) is 30.3 Å². The minimum Gasteiger partial charge on any atom is -0.303 e. The summed E-state index contributed by atoms with van der Waals surface area (Å²) in [4.78, 5) is 9.57. The van der Waals surface area contributed by atoms with Crippen molar-refractivity contribution in [3.05, 3.63) is 35.4 Å². The van der Waals surface area contributed by atoms with Gasteiger partial charge in [-0.25, -0.2) is 0 Å². The van der Waals surface area contributed by atoms with E-state index in [4.69, 9.17) is 11.6 Å². The molecular formula is C11H14Cl2O. The molecule has 0 amide bonds. The van der Waals surface area contributed by atoms with E-state index in [0.717, 1.165) is 24.2 Å². The van der Waals surface area contributed by atoms with Crippen molar-refractivity contribution in [2.24, 2.45) is 5.92 Å². The number of alkyl halides is 1. The van der Waals surface area contributed by atoms with E-state index < -0.39 is 0 Å². The first-order valence-electron chi connectivity index (χ1n) is 4.36. The molecule has 0 bridgehead atoms. The summed E-state index contributed by atoms with van der Waals surface area (Å²) in [6.45, 7) is 0. The molecule has 1 fully saturated rings. The SMILES string of the molecule is CCl.Clc1ccccc1.O=CC1CC1. The van der Waals surface area contributed by atoms with Gasteiger partial charge >= 0.3 is 0 Å². The van der Waals surface area contributed by atoms with Gasteiger partial charge in [0.05, 0.1) is 0 Å². The Bertz CT molecular complexity index is 232. The lowest BCUT2D eigenvalue weighted by Crippen LogP contribution is -1.66. The predicted molar refractivity (Wildman–Crippen MR) is 62.0 cm³/mol. The molecule has 1 aromatic rings. The smallest absolute Gasteiger partial charge is 0.123 e. The van der Waals surface area contributed by atoms with Gasteiger partial charge in [-0.2, -0.15) is 0 Å². The van der Waals surface area contributed by atoms with E-state index in [1.165, 1.54) is 6.38 Å². The fourth-order valence-electron chi connectivity index (χ4n) is 0.647. The molecule has 14 heavy (non-hydrogen) atoms. The molecule has 0 N–H and O–H groups in total. The highest BCUT2D eigenvalue weighted by Gasteiger charge is 2.18. The third-order valence-corrected chi connectivity index (χ3v) is 1.80. The van der Waals surface area contributed by atoms with Crippen LogP contribution in [0.2, 0.25) is 5.02 Å². The largest absolute Gasteiger partial charge is 0.303 e. The number of rotatable bonds is 1. The number of carbonyl (C=O) groups excluding carboxylic acids is 1. The lowest BCUT2D eigenvalue weighted by Gasteiger charge is -1.80. The predicted octanol–water partition coefficient (Wildman–Crippen LogP) is 3.79. The van der Waals surface area contributed by atoms with Crippen LogP contribution in [0.25, 0.3) is 0 Å². The standard InChI is InChI=1S/C6H5Cl.C4H6O.CH3Cl/c7-6-4-2-1-3-5-6;5-3-4-1-2-4;1-2/h1-5H;3-4H,1-2H2;1H3. The van der Waals surface area contributed by atoms with Gasteiger partial charge in [0, 0.05) is 17.3 Å². The molecule has 0 heterocycles. The first-order valence-corrected chi connectivity index (χ1v) is 5.50. The molecule has 0 unspecified atom stereocenters. The normalized spacial score (nSPS) is 12.8. The Morgan fingerprint density at radius 2 is 1.71 bits per heavy atom. The number of hydrogen-bond acceptors (Lipinski definition) is 1. The number of carbonyl (C=O) groups is 1. The summed E-state index contributed by atoms with van der Waals surface area (Å²) >= 11 is 10.2. The van der Waals surface area contributed by atoms with E-state index in [2.05, 4.69) is 11.6 Å². The van der Waals surface area contributed by atoms with Crippen molar-refractivity contribution in [1.29, 1.82) is 0 Å². The molecule has 0 saturated heterocycles. The average molecular weight is 233 g/mol. The summed E-state index contributed by atoms with van der Waals surface area (Å²) in [6, 6.07) is 9.44. The number of benzene rings is 1. The van der Waals surface area contributed by atoms with Gasteiger partial charge in [-0.15, -0.1) is 11.6 Å². The van der Waals surface area contributed by atoms with Crippen LogP contribution in [0.5, 0.6) is 0 Å². The third kappa shape index (κ3) is 8.09. The molecule has 1 nitrogen and oxygen atoms in total. The van der Waals surface area contributed by atoms with Crippen molar-refractivity contribution in [2.45, 2.75) is 12.8 Å². The van der Waals surface area contributed by atoms with E-state index in [1.54, 1.807) is 0 Å². The number of hydrogen-bond donors (Lipinski definition) is 0. The highest BCUT2D eigenvalue weighted by atomic mass is 35.5. The Balaban J connectivity index is 0.000000213. The maximum atomic E-state index is 9.57. The Labute approximate surface area is 95.0 Å². The molecule has 1 saturated carbocycles. The quantitative estimate of drug-likeness (QED) is 0.532. The lowest BCUT2D eigenvalue weighted by atomic mass is 10.4. The fourth-order valence-corrected chi connectivity index (χ4v) is 0.792. The van der Waals surface area contributed by atoms with Crippen LogP contribution in [-0.2, 0) is 4.79 Å². The van der Waals surface area contributed by atoms with Crippen LogP contribution in [0.4, 0.5) is 0 Å². The first kappa shape index (κ1) is 13.5. The third-order valence-electron chi connectivity index (χ3n) is 1.55. The van der Waals surface area contributed by atoms with Crippen LogP contribution in [-0.4, -0.2) is 12.7 Å². The van der Waals surface area contributed by atoms with Crippen molar-refractivity contribution < 1.29 is 4.79 Å². The van der Waals surface area contributed by atoms with E-state index >= 15 is 0 Å².